The van der Waals surface area contributed by atoms with Crippen molar-refractivity contribution in [2.45, 2.75) is 19.6 Å². The molecule has 7 rings (SSSR count). The number of rotatable bonds is 12. The van der Waals surface area contributed by atoms with Gasteiger partial charge in [-0.2, -0.15) is 61.8 Å². The van der Waals surface area contributed by atoms with E-state index in [4.69, 9.17) is 0 Å². The minimum Gasteiger partial charge on any atom is -0.505 e. The number of nitrogens with zero attached hydrogens (tertiary/aromatic N) is 7. The summed E-state index contributed by atoms with van der Waals surface area (Å²) in [4.78, 5) is 13.4. The van der Waals surface area contributed by atoms with Crippen LogP contribution in [0.1, 0.15) is 0 Å². The van der Waals surface area contributed by atoms with Crippen LogP contribution in [-0.4, -0.2) is 81.9 Å². The highest BCUT2D eigenvalue weighted by molar-refractivity contribution is 7.86. The number of nitrogens with one attached hydrogen (secondary N) is 3. The molecule has 0 amide bonds. The number of benzene rings is 5. The fraction of sp³-hybridized carbons (Fsp3) is 0. The van der Waals surface area contributed by atoms with E-state index in [1.54, 1.807) is 12.1 Å². The number of azo groups is 1. The monoisotopic (exact) mass is 950 g/mol. The van der Waals surface area contributed by atoms with Crippen molar-refractivity contribution in [2.75, 3.05) is 16.0 Å². The molecule has 0 aliphatic carbocycles. The molecule has 30 heteroatoms. The second kappa shape index (κ2) is 16.0. The molecule has 7 aromatic rings. The molecule has 0 saturated carbocycles. The minimum absolute atomic E-state index is 0.0805. The average Bonchev–Trinajstić information content (AvgIpc) is 3.17. The van der Waals surface area contributed by atoms with Gasteiger partial charge >= 0.3 is 6.08 Å². The van der Waals surface area contributed by atoms with E-state index in [9.17, 15) is 70.2 Å². The molecule has 0 radical (unpaired) electrons. The van der Waals surface area contributed by atoms with E-state index in [2.05, 4.69) is 51.1 Å². The molecule has 0 bridgehead atoms. The van der Waals surface area contributed by atoms with Crippen LogP contribution >= 0.6 is 0 Å². The van der Waals surface area contributed by atoms with Gasteiger partial charge < -0.3 is 21.1 Å². The first-order valence-electron chi connectivity index (χ1n) is 16.6. The summed E-state index contributed by atoms with van der Waals surface area (Å²) in [7, 11) is -20.8. The Balaban J connectivity index is 1.32. The second-order valence-electron chi connectivity index (χ2n) is 12.5. The summed E-state index contributed by atoms with van der Waals surface area (Å²) in [6.07, 6.45) is -0.906. The summed E-state index contributed by atoms with van der Waals surface area (Å²) in [5.41, 5.74) is -3.31. The SMILES string of the molecule is O=S(=O)(O)c1cc(Nc2ncnc(F)c2F)c2c(O)c(N=Nc3cc(Nc4nc(F)nc(Nc5ccc6ccccc6c5S(=O)(=O)O)n4)ccc3S(=O)(=O)O)c(S(=O)(=O)O)cc2c1. The molecule has 8 N–H and O–H groups in total. The fourth-order valence-electron chi connectivity index (χ4n) is 5.89. The van der Waals surface area contributed by atoms with Gasteiger partial charge in [-0.15, -0.1) is 10.2 Å². The molecule has 0 saturated heterocycles. The van der Waals surface area contributed by atoms with Crippen LogP contribution in [0.3, 0.4) is 0 Å². The lowest BCUT2D eigenvalue weighted by molar-refractivity contribution is 0.471. The van der Waals surface area contributed by atoms with Crippen molar-refractivity contribution in [3.63, 3.8) is 0 Å². The Hall–Kier alpha value is -7.06. The van der Waals surface area contributed by atoms with Gasteiger partial charge in [0, 0.05) is 16.5 Å². The maximum absolute atomic E-state index is 14.7. The molecule has 326 valence electrons. The molecule has 0 aliphatic heterocycles. The van der Waals surface area contributed by atoms with Crippen molar-refractivity contribution in [2.24, 2.45) is 10.2 Å². The third kappa shape index (κ3) is 9.26. The van der Waals surface area contributed by atoms with E-state index >= 15 is 0 Å². The summed E-state index contributed by atoms with van der Waals surface area (Å²) < 4.78 is 182. The van der Waals surface area contributed by atoms with Gasteiger partial charge in [-0.3, -0.25) is 18.2 Å². The highest BCUT2D eigenvalue weighted by Gasteiger charge is 2.27. The Morgan fingerprint density at radius 2 is 1.29 bits per heavy atom. The van der Waals surface area contributed by atoms with E-state index in [1.807, 2.05) is 0 Å². The lowest BCUT2D eigenvalue weighted by atomic mass is 10.1. The number of phenolic OH excluding ortho intramolecular Hbond substituents is 1. The van der Waals surface area contributed by atoms with Gasteiger partial charge in [-0.05, 0) is 53.2 Å². The summed E-state index contributed by atoms with van der Waals surface area (Å²) in [6, 6.07) is 13.0. The topological polar surface area (TPSA) is 363 Å². The van der Waals surface area contributed by atoms with Gasteiger partial charge in [0.25, 0.3) is 46.4 Å². The van der Waals surface area contributed by atoms with E-state index in [-0.39, 0.29) is 16.8 Å². The van der Waals surface area contributed by atoms with Gasteiger partial charge in [0.15, 0.2) is 11.6 Å². The van der Waals surface area contributed by atoms with Crippen LogP contribution in [0.2, 0.25) is 0 Å². The number of aromatic nitrogens is 5. The number of fused-ring (bicyclic) bond motifs is 2. The Kier molecular flexibility index (Phi) is 11.2. The second-order valence-corrected chi connectivity index (χ2v) is 18.1. The summed E-state index contributed by atoms with van der Waals surface area (Å²) in [5.74, 6) is -6.91. The Morgan fingerprint density at radius 1 is 0.603 bits per heavy atom. The van der Waals surface area contributed by atoms with Crippen molar-refractivity contribution in [3.8, 4) is 5.75 Å². The largest absolute Gasteiger partial charge is 0.505 e. The maximum atomic E-state index is 14.7. The van der Waals surface area contributed by atoms with Crippen LogP contribution in [0.4, 0.5) is 59.3 Å². The quantitative estimate of drug-likeness (QED) is 0.0412. The fourth-order valence-corrected chi connectivity index (χ4v) is 8.55. The molecular weight excluding hydrogens is 930 g/mol. The van der Waals surface area contributed by atoms with Gasteiger partial charge in [-0.25, -0.2) is 9.97 Å². The van der Waals surface area contributed by atoms with Crippen LogP contribution in [0.15, 0.2) is 109 Å². The van der Waals surface area contributed by atoms with Crippen LogP contribution in [0.25, 0.3) is 21.5 Å². The molecule has 0 unspecified atom stereocenters. The van der Waals surface area contributed by atoms with Gasteiger partial charge in [0.2, 0.25) is 17.7 Å². The third-order valence-corrected chi connectivity index (χ3v) is 12.0. The van der Waals surface area contributed by atoms with Gasteiger partial charge in [0.1, 0.15) is 32.4 Å². The van der Waals surface area contributed by atoms with Gasteiger partial charge in [0.05, 0.1) is 16.3 Å². The zero-order valence-electron chi connectivity index (χ0n) is 30.4. The van der Waals surface area contributed by atoms with Crippen LogP contribution in [-0.2, 0) is 40.5 Å². The molecule has 2 heterocycles. The van der Waals surface area contributed by atoms with Crippen molar-refractivity contribution < 1.29 is 70.2 Å². The van der Waals surface area contributed by atoms with Crippen molar-refractivity contribution in [1.82, 2.24) is 24.9 Å². The Labute approximate surface area is 350 Å². The predicted octanol–water partition coefficient (Wildman–Crippen LogP) is 5.72. The first kappa shape index (κ1) is 44.0. The molecule has 2 aromatic heterocycles. The number of hydrogen-bond acceptors (Lipinski definition) is 19. The summed E-state index contributed by atoms with van der Waals surface area (Å²) >= 11 is 0. The standard InChI is InChI=1S/C33H21F3N10O13S4/c34-25-29(35)37-13-38-30(25)40-21-12-17(60(48,49)50)9-15-10-23(62(54,55)56)26(27(47)24(15)21)46-45-20-11-16(6-8-22(20)61(51,52)53)39-32-42-31(36)43-33(44-32)41-19-7-5-14-3-1-2-4-18(14)28(19)63(57,58)59/h1-13,47H,(H,37,38,40)(H,48,49,50)(H,51,52,53)(H,54,55,56)(H,57,58,59)(H2,39,41,42,43,44). The Morgan fingerprint density at radius 3 is 1.95 bits per heavy atom. The van der Waals surface area contributed by atoms with E-state index in [0.29, 0.717) is 36.0 Å². The van der Waals surface area contributed by atoms with Gasteiger partial charge in [-0.1, -0.05) is 30.3 Å². The highest BCUT2D eigenvalue weighted by atomic mass is 32.2. The molecule has 0 fully saturated rings. The molecule has 23 nitrogen and oxygen atoms in total. The number of aromatic hydroxyl groups is 1. The van der Waals surface area contributed by atoms with Crippen molar-refractivity contribution >= 4 is 108 Å². The van der Waals surface area contributed by atoms with E-state index in [0.717, 1.165) is 12.1 Å². The number of hydrogen-bond donors (Lipinski definition) is 8. The molecule has 0 spiro atoms. The predicted molar refractivity (Wildman–Crippen MR) is 211 cm³/mol. The maximum Gasteiger partial charge on any atom is 0.315 e. The highest BCUT2D eigenvalue weighted by Crippen LogP contribution is 2.46. The summed E-state index contributed by atoms with van der Waals surface area (Å²) in [6.45, 7) is 0. The first-order chi connectivity index (χ1) is 29.4. The summed E-state index contributed by atoms with van der Waals surface area (Å²) in [5, 5.41) is 25.0. The zero-order chi connectivity index (χ0) is 45.8. The van der Waals surface area contributed by atoms with Crippen molar-refractivity contribution in [1.29, 1.82) is 0 Å². The van der Waals surface area contributed by atoms with E-state index < -0.39 is 129 Å². The first-order valence-corrected chi connectivity index (χ1v) is 22.3. The smallest absolute Gasteiger partial charge is 0.315 e. The molecule has 0 aliphatic rings. The van der Waals surface area contributed by atoms with Crippen LogP contribution < -0.4 is 16.0 Å². The number of halogens is 3. The lowest BCUT2D eigenvalue weighted by Crippen LogP contribution is -2.09. The van der Waals surface area contributed by atoms with Crippen molar-refractivity contribution in [3.05, 3.63) is 97.0 Å². The lowest BCUT2D eigenvalue weighted by Gasteiger charge is -2.15. The molecule has 0 atom stereocenters. The normalized spacial score (nSPS) is 12.6. The molecular formula is C33H21F3N10O13S4. The Bertz CT molecular complexity index is 3570. The van der Waals surface area contributed by atoms with Crippen LogP contribution in [0.5, 0.6) is 5.75 Å². The average molecular weight is 951 g/mol. The number of phenols is 1. The van der Waals surface area contributed by atoms with E-state index in [1.165, 1.54) is 24.3 Å². The van der Waals surface area contributed by atoms with Crippen LogP contribution in [0, 0.1) is 17.8 Å². The molecule has 5 aromatic carbocycles. The molecule has 63 heavy (non-hydrogen) atoms. The third-order valence-electron chi connectivity index (χ3n) is 8.44. The zero-order valence-corrected chi connectivity index (χ0v) is 33.7. The number of anilines is 6. The minimum atomic E-state index is -5.49.